The van der Waals surface area contributed by atoms with Crippen molar-refractivity contribution in [3.8, 4) is 0 Å². The number of carbonyl (C=O) groups is 2. The van der Waals surface area contributed by atoms with Gasteiger partial charge in [0.2, 0.25) is 11.8 Å². The average Bonchev–Trinajstić information content (AvgIpc) is 2.84. The maximum absolute atomic E-state index is 12.0. The van der Waals surface area contributed by atoms with Crippen molar-refractivity contribution >= 4 is 29.2 Å². The number of halogens is 1. The molecule has 1 aromatic heterocycles. The molecule has 0 bridgehead atoms. The summed E-state index contributed by atoms with van der Waals surface area (Å²) in [5, 5.41) is 3.14. The molecule has 2 heterocycles. The number of rotatable bonds is 5. The van der Waals surface area contributed by atoms with Gasteiger partial charge in [0.15, 0.2) is 0 Å². The number of pyridine rings is 1. The Kier molecular flexibility index (Phi) is 5.11. The number of primary amides is 1. The van der Waals surface area contributed by atoms with E-state index in [0.29, 0.717) is 23.8 Å². The van der Waals surface area contributed by atoms with Crippen molar-refractivity contribution in [3.63, 3.8) is 0 Å². The summed E-state index contributed by atoms with van der Waals surface area (Å²) in [6.45, 7) is 0.545. The Labute approximate surface area is 127 Å². The molecule has 21 heavy (non-hydrogen) atoms. The van der Waals surface area contributed by atoms with Gasteiger partial charge in [0.1, 0.15) is 5.82 Å². The molecule has 1 aliphatic rings. The van der Waals surface area contributed by atoms with E-state index in [4.69, 9.17) is 22.1 Å². The van der Waals surface area contributed by atoms with E-state index in [1.807, 2.05) is 0 Å². The molecular weight excluding hydrogens is 296 g/mol. The zero-order valence-electron chi connectivity index (χ0n) is 11.6. The molecule has 1 aliphatic heterocycles. The molecule has 1 aromatic rings. The Bertz CT molecular complexity index is 523. The van der Waals surface area contributed by atoms with Gasteiger partial charge >= 0.3 is 0 Å². The van der Waals surface area contributed by atoms with Gasteiger partial charge in [-0.15, -0.1) is 0 Å². The molecule has 0 aromatic carbocycles. The van der Waals surface area contributed by atoms with Crippen LogP contribution < -0.4 is 11.1 Å². The van der Waals surface area contributed by atoms with E-state index >= 15 is 0 Å². The van der Waals surface area contributed by atoms with Crippen molar-refractivity contribution in [1.82, 2.24) is 9.88 Å². The monoisotopic (exact) mass is 312 g/mol. The number of methoxy groups -OCH3 is 1. The highest BCUT2D eigenvalue weighted by Gasteiger charge is 2.36. The van der Waals surface area contributed by atoms with E-state index in [1.165, 1.54) is 6.20 Å². The summed E-state index contributed by atoms with van der Waals surface area (Å²) in [4.78, 5) is 29.1. The number of ether oxygens (including phenoxy) is 1. The summed E-state index contributed by atoms with van der Waals surface area (Å²) >= 11 is 5.72. The van der Waals surface area contributed by atoms with Gasteiger partial charge in [0.25, 0.3) is 0 Å². The topological polar surface area (TPSA) is 97.5 Å². The minimum atomic E-state index is -0.487. The van der Waals surface area contributed by atoms with Gasteiger partial charge in [-0.25, -0.2) is 4.98 Å². The summed E-state index contributed by atoms with van der Waals surface area (Å²) in [6.07, 6.45) is 1.85. The number of nitrogens with two attached hydrogens (primary N) is 1. The molecule has 0 saturated carbocycles. The summed E-state index contributed by atoms with van der Waals surface area (Å²) < 4.78 is 5.23. The highest BCUT2D eigenvalue weighted by atomic mass is 35.5. The highest BCUT2D eigenvalue weighted by Crippen LogP contribution is 2.19. The predicted molar refractivity (Wildman–Crippen MR) is 77.8 cm³/mol. The van der Waals surface area contributed by atoms with Crippen LogP contribution in [-0.2, 0) is 14.3 Å². The molecule has 0 spiro atoms. The first-order chi connectivity index (χ1) is 9.99. The van der Waals surface area contributed by atoms with E-state index in [9.17, 15) is 9.59 Å². The summed E-state index contributed by atoms with van der Waals surface area (Å²) in [5.74, 6) is -0.317. The zero-order valence-corrected chi connectivity index (χ0v) is 12.3. The lowest BCUT2D eigenvalue weighted by atomic mass is 10.2. The van der Waals surface area contributed by atoms with Crippen molar-refractivity contribution in [3.05, 3.63) is 23.4 Å². The van der Waals surface area contributed by atoms with E-state index in [1.54, 1.807) is 24.1 Å². The van der Waals surface area contributed by atoms with Crippen LogP contribution in [0.15, 0.2) is 18.3 Å². The predicted octanol–water partition coefficient (Wildman–Crippen LogP) is 0.248. The van der Waals surface area contributed by atoms with Gasteiger partial charge in [0, 0.05) is 19.9 Å². The van der Waals surface area contributed by atoms with Crippen LogP contribution >= 0.6 is 11.6 Å². The van der Waals surface area contributed by atoms with Crippen molar-refractivity contribution in [2.75, 3.05) is 25.5 Å². The van der Waals surface area contributed by atoms with Gasteiger partial charge < -0.3 is 15.8 Å². The molecule has 114 valence electrons. The third kappa shape index (κ3) is 4.13. The van der Waals surface area contributed by atoms with E-state index in [2.05, 4.69) is 10.3 Å². The highest BCUT2D eigenvalue weighted by molar-refractivity contribution is 6.30. The average molecular weight is 313 g/mol. The number of nitrogens with zero attached hydrogens (tertiary/aromatic N) is 2. The molecule has 1 fully saturated rings. The number of nitrogens with one attached hydrogen (secondary N) is 1. The van der Waals surface area contributed by atoms with E-state index in [-0.39, 0.29) is 18.6 Å². The Morgan fingerprint density at radius 2 is 2.33 bits per heavy atom. The summed E-state index contributed by atoms with van der Waals surface area (Å²) in [7, 11) is 1.57. The number of amides is 2. The smallest absolute Gasteiger partial charge is 0.239 e. The molecule has 7 nitrogen and oxygen atoms in total. The minimum absolute atomic E-state index is 0.0533. The molecular formula is C13H17ClN4O3. The van der Waals surface area contributed by atoms with Gasteiger partial charge in [-0.3, -0.25) is 14.5 Å². The largest absolute Gasteiger partial charge is 0.380 e. The van der Waals surface area contributed by atoms with Crippen LogP contribution in [0.2, 0.25) is 5.02 Å². The van der Waals surface area contributed by atoms with Gasteiger partial charge in [0.05, 0.1) is 23.7 Å². The van der Waals surface area contributed by atoms with Gasteiger partial charge in [-0.05, 0) is 18.6 Å². The van der Waals surface area contributed by atoms with Crippen LogP contribution in [0.5, 0.6) is 0 Å². The maximum Gasteiger partial charge on any atom is 0.239 e. The molecule has 0 radical (unpaired) electrons. The van der Waals surface area contributed by atoms with Crippen LogP contribution in [-0.4, -0.2) is 54.0 Å². The quantitative estimate of drug-likeness (QED) is 0.812. The maximum atomic E-state index is 12.0. The van der Waals surface area contributed by atoms with E-state index in [0.717, 1.165) is 0 Å². The Morgan fingerprint density at radius 1 is 1.57 bits per heavy atom. The second-order valence-electron chi connectivity index (χ2n) is 4.85. The Balaban J connectivity index is 1.94. The van der Waals surface area contributed by atoms with Gasteiger partial charge in [-0.1, -0.05) is 11.6 Å². The van der Waals surface area contributed by atoms with E-state index < -0.39 is 11.9 Å². The first-order valence-electron chi connectivity index (χ1n) is 6.47. The lowest BCUT2D eigenvalue weighted by Gasteiger charge is -2.20. The first kappa shape index (κ1) is 15.7. The van der Waals surface area contributed by atoms with Crippen molar-refractivity contribution < 1.29 is 14.3 Å². The fourth-order valence-corrected chi connectivity index (χ4v) is 2.43. The second-order valence-corrected chi connectivity index (χ2v) is 5.29. The molecule has 0 aliphatic carbocycles. The van der Waals surface area contributed by atoms with Crippen LogP contribution in [0.3, 0.4) is 0 Å². The molecule has 1 saturated heterocycles. The normalized spacial score (nSPS) is 22.2. The number of anilines is 1. The molecule has 2 amide bonds. The summed E-state index contributed by atoms with van der Waals surface area (Å²) in [6, 6.07) is 2.75. The number of likely N-dealkylation sites (tertiary alicyclic amines) is 1. The SMILES string of the molecule is CO[C@H]1C[C@@H](C(N)=O)N(CC(=O)Nc2ccc(Cl)cn2)C1. The van der Waals surface area contributed by atoms with Crippen molar-refractivity contribution in [2.24, 2.45) is 5.73 Å². The number of aromatic nitrogens is 1. The number of carbonyl (C=O) groups excluding carboxylic acids is 2. The molecule has 8 heteroatoms. The molecule has 3 N–H and O–H groups in total. The van der Waals surface area contributed by atoms with Crippen LogP contribution in [0.25, 0.3) is 0 Å². The van der Waals surface area contributed by atoms with Crippen molar-refractivity contribution in [2.45, 2.75) is 18.6 Å². The molecule has 2 rings (SSSR count). The third-order valence-corrected chi connectivity index (χ3v) is 3.59. The van der Waals surface area contributed by atoms with Crippen LogP contribution in [0.4, 0.5) is 5.82 Å². The fraction of sp³-hybridized carbons (Fsp3) is 0.462. The standard InChI is InChI=1S/C13H17ClN4O3/c1-21-9-4-10(13(15)20)18(6-9)7-12(19)17-11-3-2-8(14)5-16-11/h2-3,5,9-10H,4,6-7H2,1H3,(H2,15,20)(H,16,17,19)/t9-,10-/m0/s1. The number of hydrogen-bond donors (Lipinski definition) is 2. The van der Waals surface area contributed by atoms with Crippen LogP contribution in [0, 0.1) is 0 Å². The minimum Gasteiger partial charge on any atom is -0.380 e. The first-order valence-corrected chi connectivity index (χ1v) is 6.85. The van der Waals surface area contributed by atoms with Crippen LogP contribution in [0.1, 0.15) is 6.42 Å². The zero-order chi connectivity index (χ0) is 15.4. The Morgan fingerprint density at radius 3 is 2.90 bits per heavy atom. The summed E-state index contributed by atoms with van der Waals surface area (Å²) in [5.41, 5.74) is 5.36. The Hall–Kier alpha value is -1.70. The number of hydrogen-bond acceptors (Lipinski definition) is 5. The molecule has 0 unspecified atom stereocenters. The fourth-order valence-electron chi connectivity index (χ4n) is 2.32. The molecule has 2 atom stereocenters. The lowest BCUT2D eigenvalue weighted by molar-refractivity contribution is -0.123. The lowest BCUT2D eigenvalue weighted by Crippen LogP contribution is -2.44. The third-order valence-electron chi connectivity index (χ3n) is 3.37. The van der Waals surface area contributed by atoms with Gasteiger partial charge in [-0.2, -0.15) is 0 Å². The second kappa shape index (κ2) is 6.84. The van der Waals surface area contributed by atoms with Crippen molar-refractivity contribution in [1.29, 1.82) is 0 Å².